The molecule has 1 amide bonds. The van der Waals surface area contributed by atoms with Crippen molar-refractivity contribution in [3.8, 4) is 0 Å². The van der Waals surface area contributed by atoms with Gasteiger partial charge in [-0.25, -0.2) is 0 Å². The van der Waals surface area contributed by atoms with E-state index in [1.807, 2.05) is 4.90 Å². The Labute approximate surface area is 125 Å². The van der Waals surface area contributed by atoms with Crippen LogP contribution in [0.5, 0.6) is 0 Å². The van der Waals surface area contributed by atoms with E-state index in [0.29, 0.717) is 11.8 Å². The van der Waals surface area contributed by atoms with E-state index < -0.39 is 0 Å². The zero-order valence-electron chi connectivity index (χ0n) is 12.5. The number of nitrogens with one attached hydrogen (secondary N) is 1. The van der Waals surface area contributed by atoms with Crippen LogP contribution >= 0.6 is 0 Å². The van der Waals surface area contributed by atoms with Crippen LogP contribution in [0.4, 0.5) is 0 Å². The Kier molecular flexibility index (Phi) is 3.49. The number of carbonyl (C=O) groups is 1. The fraction of sp³-hybridized carbons (Fsp3) is 0.706. The predicted octanol–water partition coefficient (Wildman–Crippen LogP) is 2.66. The molecule has 2 aliphatic carbocycles. The van der Waals surface area contributed by atoms with Gasteiger partial charge in [0.05, 0.1) is 6.26 Å². The van der Waals surface area contributed by atoms with Crippen LogP contribution in [0.3, 0.4) is 0 Å². The van der Waals surface area contributed by atoms with E-state index in [-0.39, 0.29) is 5.91 Å². The Hall–Kier alpha value is -1.29. The number of nitrogens with zero attached hydrogens (tertiary/aromatic N) is 1. The second kappa shape index (κ2) is 5.48. The molecule has 1 N–H and O–H groups in total. The molecule has 2 saturated carbocycles. The number of carbonyl (C=O) groups excluding carboxylic acids is 1. The minimum atomic E-state index is 0.0402. The first-order valence-electron chi connectivity index (χ1n) is 8.38. The van der Waals surface area contributed by atoms with Gasteiger partial charge in [-0.3, -0.25) is 4.79 Å². The smallest absolute Gasteiger partial charge is 0.289 e. The van der Waals surface area contributed by atoms with Crippen LogP contribution in [0.1, 0.15) is 49.1 Å². The molecule has 0 aromatic carbocycles. The number of likely N-dealkylation sites (tertiary alicyclic amines) is 1. The second-order valence-corrected chi connectivity index (χ2v) is 6.99. The lowest BCUT2D eigenvalue weighted by molar-refractivity contribution is 0.0666. The lowest BCUT2D eigenvalue weighted by Crippen LogP contribution is -2.48. The molecule has 1 aromatic rings. The van der Waals surface area contributed by atoms with Gasteiger partial charge in [-0.2, -0.15) is 0 Å². The summed E-state index contributed by atoms with van der Waals surface area (Å²) in [5, 5.41) is 3.88. The first kappa shape index (κ1) is 13.4. The molecule has 0 spiro atoms. The zero-order valence-corrected chi connectivity index (χ0v) is 12.5. The standard InChI is InChI=1S/C17H24N2O2/c20-17(16-2-1-9-21-16)19-7-5-14(6-8-19)18-15-11-12-3-4-13(15)10-12/h1-2,9,12-15,18H,3-8,10-11H2. The molecule has 1 saturated heterocycles. The monoisotopic (exact) mass is 288 g/mol. The largest absolute Gasteiger partial charge is 0.459 e. The highest BCUT2D eigenvalue weighted by atomic mass is 16.3. The maximum Gasteiger partial charge on any atom is 0.289 e. The van der Waals surface area contributed by atoms with Gasteiger partial charge < -0.3 is 14.6 Å². The molecule has 1 aliphatic heterocycles. The van der Waals surface area contributed by atoms with E-state index in [1.165, 1.54) is 25.7 Å². The average molecular weight is 288 g/mol. The summed E-state index contributed by atoms with van der Waals surface area (Å²) < 4.78 is 5.21. The molecule has 2 heterocycles. The van der Waals surface area contributed by atoms with Gasteiger partial charge in [-0.1, -0.05) is 6.42 Å². The number of amides is 1. The molecule has 3 fully saturated rings. The minimum Gasteiger partial charge on any atom is -0.459 e. The lowest BCUT2D eigenvalue weighted by atomic mass is 9.93. The van der Waals surface area contributed by atoms with E-state index in [2.05, 4.69) is 5.32 Å². The van der Waals surface area contributed by atoms with Gasteiger partial charge in [0.25, 0.3) is 5.91 Å². The first-order valence-corrected chi connectivity index (χ1v) is 8.38. The van der Waals surface area contributed by atoms with Crippen LogP contribution in [-0.4, -0.2) is 36.0 Å². The van der Waals surface area contributed by atoms with Crippen molar-refractivity contribution in [1.29, 1.82) is 0 Å². The van der Waals surface area contributed by atoms with Crippen LogP contribution < -0.4 is 5.32 Å². The van der Waals surface area contributed by atoms with Crippen LogP contribution in [0, 0.1) is 11.8 Å². The Morgan fingerprint density at radius 2 is 2.05 bits per heavy atom. The number of piperidine rings is 1. The van der Waals surface area contributed by atoms with Crippen LogP contribution in [0.2, 0.25) is 0 Å². The van der Waals surface area contributed by atoms with E-state index in [4.69, 9.17) is 4.42 Å². The van der Waals surface area contributed by atoms with Gasteiger partial charge in [-0.05, 0) is 56.1 Å². The van der Waals surface area contributed by atoms with Crippen LogP contribution in [-0.2, 0) is 0 Å². The molecule has 3 unspecified atom stereocenters. The molecule has 21 heavy (non-hydrogen) atoms. The van der Waals surface area contributed by atoms with E-state index >= 15 is 0 Å². The van der Waals surface area contributed by atoms with Crippen molar-refractivity contribution >= 4 is 5.91 Å². The molecule has 4 nitrogen and oxygen atoms in total. The number of hydrogen-bond acceptors (Lipinski definition) is 3. The number of hydrogen-bond donors (Lipinski definition) is 1. The molecular formula is C17H24N2O2. The summed E-state index contributed by atoms with van der Waals surface area (Å²) in [4.78, 5) is 14.2. The lowest BCUT2D eigenvalue weighted by Gasteiger charge is -2.35. The number of furan rings is 1. The van der Waals surface area contributed by atoms with Crippen molar-refractivity contribution in [2.24, 2.45) is 11.8 Å². The molecule has 4 rings (SSSR count). The fourth-order valence-corrected chi connectivity index (χ4v) is 4.56. The van der Waals surface area contributed by atoms with Gasteiger partial charge in [0, 0.05) is 25.2 Å². The number of fused-ring (bicyclic) bond motifs is 2. The van der Waals surface area contributed by atoms with Gasteiger partial charge in [0.2, 0.25) is 0 Å². The Balaban J connectivity index is 1.28. The minimum absolute atomic E-state index is 0.0402. The normalized spacial score (nSPS) is 32.8. The predicted molar refractivity (Wildman–Crippen MR) is 80.0 cm³/mol. The summed E-state index contributed by atoms with van der Waals surface area (Å²) in [5.74, 6) is 2.43. The maximum absolute atomic E-state index is 12.2. The average Bonchev–Trinajstić information content (AvgIpc) is 3.25. The zero-order chi connectivity index (χ0) is 14.2. The first-order chi connectivity index (χ1) is 10.3. The van der Waals surface area contributed by atoms with E-state index in [9.17, 15) is 4.79 Å². The molecular weight excluding hydrogens is 264 g/mol. The van der Waals surface area contributed by atoms with Crippen molar-refractivity contribution in [3.63, 3.8) is 0 Å². The maximum atomic E-state index is 12.2. The van der Waals surface area contributed by atoms with Crippen LogP contribution in [0.25, 0.3) is 0 Å². The molecule has 4 heteroatoms. The number of rotatable bonds is 3. The molecule has 0 radical (unpaired) electrons. The van der Waals surface area contributed by atoms with E-state index in [1.54, 1.807) is 18.4 Å². The van der Waals surface area contributed by atoms with Gasteiger partial charge in [0.1, 0.15) is 0 Å². The van der Waals surface area contributed by atoms with Gasteiger partial charge in [-0.15, -0.1) is 0 Å². The SMILES string of the molecule is O=C(c1ccco1)N1CCC(NC2CC3CCC2C3)CC1. The third-order valence-electron chi connectivity index (χ3n) is 5.70. The van der Waals surface area contributed by atoms with Crippen LogP contribution in [0.15, 0.2) is 22.8 Å². The Morgan fingerprint density at radius 3 is 2.67 bits per heavy atom. The van der Waals surface area contributed by atoms with Gasteiger partial charge >= 0.3 is 0 Å². The van der Waals surface area contributed by atoms with Crippen molar-refractivity contribution in [2.75, 3.05) is 13.1 Å². The third-order valence-corrected chi connectivity index (χ3v) is 5.70. The van der Waals surface area contributed by atoms with Crippen molar-refractivity contribution in [1.82, 2.24) is 10.2 Å². The van der Waals surface area contributed by atoms with Crippen molar-refractivity contribution < 1.29 is 9.21 Å². The van der Waals surface area contributed by atoms with E-state index in [0.717, 1.165) is 43.8 Å². The Bertz CT molecular complexity index is 491. The highest BCUT2D eigenvalue weighted by Crippen LogP contribution is 2.44. The summed E-state index contributed by atoms with van der Waals surface area (Å²) in [6, 6.07) is 4.87. The summed E-state index contributed by atoms with van der Waals surface area (Å²) >= 11 is 0. The van der Waals surface area contributed by atoms with Crippen molar-refractivity contribution in [3.05, 3.63) is 24.2 Å². The molecule has 3 atom stereocenters. The summed E-state index contributed by atoms with van der Waals surface area (Å²) in [6.45, 7) is 1.69. The highest BCUT2D eigenvalue weighted by molar-refractivity contribution is 5.91. The van der Waals surface area contributed by atoms with Gasteiger partial charge in [0.15, 0.2) is 5.76 Å². The molecule has 1 aromatic heterocycles. The highest BCUT2D eigenvalue weighted by Gasteiger charge is 2.40. The second-order valence-electron chi connectivity index (χ2n) is 6.99. The summed E-state index contributed by atoms with van der Waals surface area (Å²) in [5.41, 5.74) is 0. The summed E-state index contributed by atoms with van der Waals surface area (Å²) in [6.07, 6.45) is 9.43. The molecule has 2 bridgehead atoms. The fourth-order valence-electron chi connectivity index (χ4n) is 4.56. The summed E-state index contributed by atoms with van der Waals surface area (Å²) in [7, 11) is 0. The topological polar surface area (TPSA) is 45.5 Å². The molecule has 114 valence electrons. The van der Waals surface area contributed by atoms with Crippen molar-refractivity contribution in [2.45, 2.75) is 50.6 Å². The Morgan fingerprint density at radius 1 is 1.19 bits per heavy atom. The quantitative estimate of drug-likeness (QED) is 0.930. The third kappa shape index (κ3) is 2.61. The molecule has 3 aliphatic rings.